The average molecular weight is 577 g/mol. The molecule has 0 radical (unpaired) electrons. The second-order valence-electron chi connectivity index (χ2n) is 8.31. The van der Waals surface area contributed by atoms with Gasteiger partial charge in [0.2, 0.25) is 5.75 Å². The Morgan fingerprint density at radius 1 is 1.05 bits per heavy atom. The van der Waals surface area contributed by atoms with Crippen LogP contribution in [0.1, 0.15) is 29.9 Å². The fourth-order valence-electron chi connectivity index (χ4n) is 3.63. The molecule has 212 valence electrons. The highest BCUT2D eigenvalue weighted by Crippen LogP contribution is 2.44. The Morgan fingerprint density at radius 3 is 2.41 bits per heavy atom. The lowest BCUT2D eigenvalue weighted by Gasteiger charge is -2.27. The third-order valence-electron chi connectivity index (χ3n) is 5.58. The van der Waals surface area contributed by atoms with Crippen LogP contribution in [0.4, 0.5) is 11.6 Å². The number of ether oxygens (including phenoxy) is 4. The van der Waals surface area contributed by atoms with Gasteiger partial charge in [0, 0.05) is 18.0 Å². The van der Waals surface area contributed by atoms with Crippen molar-refractivity contribution >= 4 is 34.4 Å². The standard InChI is InChI=1S/C28H27N5O7S/c1-6-39-28(34)20-15-18(13-14-29-20)25-31-26(33(41(35)36)23-12-11-19(16-30-23)17(2)3)24(27(32-25)38-5)40-22-10-8-7-9-21(22)37-4/h7-16H,2,6H2,1,3-5H3,(H,35,36)/p-1. The molecule has 3 aromatic heterocycles. The lowest BCUT2D eigenvalue weighted by molar-refractivity contribution is 0.0519. The summed E-state index contributed by atoms with van der Waals surface area (Å²) in [5.41, 5.74) is 1.83. The molecule has 3 heterocycles. The van der Waals surface area contributed by atoms with E-state index < -0.39 is 17.2 Å². The van der Waals surface area contributed by atoms with Crippen LogP contribution in [-0.4, -0.2) is 55.5 Å². The topological polar surface area (TPSA) is 149 Å². The molecule has 0 fully saturated rings. The Labute approximate surface area is 239 Å². The number of hydrogen-bond acceptors (Lipinski definition) is 11. The van der Waals surface area contributed by atoms with Crippen molar-refractivity contribution in [2.75, 3.05) is 25.1 Å². The number of nitrogens with zero attached hydrogens (tertiary/aromatic N) is 5. The summed E-state index contributed by atoms with van der Waals surface area (Å²) >= 11 is -2.93. The van der Waals surface area contributed by atoms with Gasteiger partial charge in [-0.25, -0.2) is 24.1 Å². The normalized spacial score (nSPS) is 11.3. The molecule has 13 heteroatoms. The lowest BCUT2D eigenvalue weighted by atomic mass is 10.1. The van der Waals surface area contributed by atoms with Crippen molar-refractivity contribution in [3.63, 3.8) is 0 Å². The molecular formula is C28H26N5O7S-. The van der Waals surface area contributed by atoms with Crippen LogP contribution in [0, 0.1) is 0 Å². The number of aromatic nitrogens is 4. The minimum atomic E-state index is -2.93. The largest absolute Gasteiger partial charge is 0.755 e. The summed E-state index contributed by atoms with van der Waals surface area (Å²) in [5.74, 6) is -0.418. The number of methoxy groups -OCH3 is 2. The molecule has 4 rings (SSSR count). The molecule has 0 aliphatic rings. The summed E-state index contributed by atoms with van der Waals surface area (Å²) < 4.78 is 48.4. The van der Waals surface area contributed by atoms with Gasteiger partial charge in [-0.1, -0.05) is 18.7 Å². The Balaban J connectivity index is 1.95. The first kappa shape index (κ1) is 29.1. The number of hydrogen-bond donors (Lipinski definition) is 0. The number of esters is 1. The molecule has 0 aliphatic carbocycles. The van der Waals surface area contributed by atoms with E-state index in [0.717, 1.165) is 15.4 Å². The second-order valence-corrected chi connectivity index (χ2v) is 9.11. The maximum absolute atomic E-state index is 12.7. The summed E-state index contributed by atoms with van der Waals surface area (Å²) in [4.78, 5) is 29.7. The molecule has 0 aliphatic heterocycles. The van der Waals surface area contributed by atoms with Gasteiger partial charge in [-0.3, -0.25) is 4.21 Å². The van der Waals surface area contributed by atoms with Crippen LogP contribution >= 0.6 is 0 Å². The van der Waals surface area contributed by atoms with E-state index in [0.29, 0.717) is 11.3 Å². The van der Waals surface area contributed by atoms with Gasteiger partial charge < -0.3 is 23.5 Å². The molecule has 12 nitrogen and oxygen atoms in total. The number of allylic oxidation sites excluding steroid dienone is 1. The van der Waals surface area contributed by atoms with Gasteiger partial charge in [-0.2, -0.15) is 4.98 Å². The summed E-state index contributed by atoms with van der Waals surface area (Å²) in [5, 5.41) is 0. The maximum atomic E-state index is 12.7. The number of pyridine rings is 2. The fraction of sp³-hybridized carbons (Fsp3) is 0.179. The van der Waals surface area contributed by atoms with Gasteiger partial charge in [-0.15, -0.1) is 0 Å². The van der Waals surface area contributed by atoms with Crippen molar-refractivity contribution in [1.82, 2.24) is 19.9 Å². The van der Waals surface area contributed by atoms with Gasteiger partial charge in [0.1, 0.15) is 11.5 Å². The predicted molar refractivity (Wildman–Crippen MR) is 151 cm³/mol. The summed E-state index contributed by atoms with van der Waals surface area (Å²) in [6.45, 7) is 7.53. The van der Waals surface area contributed by atoms with Gasteiger partial charge in [-0.05, 0) is 61.4 Å². The second kappa shape index (κ2) is 13.0. The first-order chi connectivity index (χ1) is 19.8. The van der Waals surface area contributed by atoms with Crippen molar-refractivity contribution in [2.45, 2.75) is 13.8 Å². The zero-order chi connectivity index (χ0) is 29.5. The summed E-state index contributed by atoms with van der Waals surface area (Å²) in [6.07, 6.45) is 2.88. The zero-order valence-electron chi connectivity index (χ0n) is 22.7. The molecule has 0 spiro atoms. The molecule has 41 heavy (non-hydrogen) atoms. The Morgan fingerprint density at radius 2 is 1.80 bits per heavy atom. The number of rotatable bonds is 11. The average Bonchev–Trinajstić information content (AvgIpc) is 2.98. The molecule has 0 N–H and O–H groups in total. The Kier molecular flexibility index (Phi) is 9.22. The van der Waals surface area contributed by atoms with E-state index >= 15 is 0 Å². The minimum Gasteiger partial charge on any atom is -0.755 e. The van der Waals surface area contributed by atoms with E-state index in [2.05, 4.69) is 26.5 Å². The van der Waals surface area contributed by atoms with Gasteiger partial charge in [0.05, 0.1) is 32.1 Å². The first-order valence-electron chi connectivity index (χ1n) is 12.2. The first-order valence-corrected chi connectivity index (χ1v) is 13.2. The van der Waals surface area contributed by atoms with E-state index in [1.54, 1.807) is 50.2 Å². The highest BCUT2D eigenvalue weighted by atomic mass is 32.2. The molecule has 0 saturated heterocycles. The van der Waals surface area contributed by atoms with E-state index in [-0.39, 0.29) is 47.1 Å². The smallest absolute Gasteiger partial charge is 0.356 e. The molecule has 1 atom stereocenters. The minimum absolute atomic E-state index is 0.0156. The van der Waals surface area contributed by atoms with Crippen LogP contribution in [0.25, 0.3) is 17.0 Å². The van der Waals surface area contributed by atoms with E-state index in [9.17, 15) is 13.6 Å². The fourth-order valence-corrected chi connectivity index (χ4v) is 4.15. The number of para-hydroxylation sites is 2. The van der Waals surface area contributed by atoms with E-state index in [4.69, 9.17) is 18.9 Å². The molecule has 1 unspecified atom stereocenters. The molecular weight excluding hydrogens is 550 g/mol. The van der Waals surface area contributed by atoms with Crippen LogP contribution < -0.4 is 18.5 Å². The van der Waals surface area contributed by atoms with Crippen LogP contribution in [-0.2, 0) is 16.0 Å². The van der Waals surface area contributed by atoms with Crippen molar-refractivity contribution < 1.29 is 32.5 Å². The summed E-state index contributed by atoms with van der Waals surface area (Å²) in [7, 11) is 2.82. The van der Waals surface area contributed by atoms with Crippen molar-refractivity contribution in [2.24, 2.45) is 0 Å². The summed E-state index contributed by atoms with van der Waals surface area (Å²) in [6, 6.07) is 12.9. The SMILES string of the molecule is C=C(C)c1ccc(N(c2nc(-c3ccnc(C(=O)OCC)c3)nc(OC)c2Oc2ccccc2OC)S(=O)[O-])nc1. The molecule has 0 amide bonds. The monoisotopic (exact) mass is 576 g/mol. The number of anilines is 2. The number of benzene rings is 1. The maximum Gasteiger partial charge on any atom is 0.356 e. The third-order valence-corrected chi connectivity index (χ3v) is 6.24. The number of carbonyl (C=O) groups is 1. The van der Waals surface area contributed by atoms with Crippen molar-refractivity contribution in [1.29, 1.82) is 0 Å². The molecule has 0 saturated carbocycles. The Bertz CT molecular complexity index is 1600. The Hall–Kier alpha value is -4.88. The van der Waals surface area contributed by atoms with Crippen molar-refractivity contribution in [3.05, 3.63) is 78.8 Å². The zero-order valence-corrected chi connectivity index (χ0v) is 23.5. The van der Waals surface area contributed by atoms with E-state index in [1.165, 1.54) is 38.7 Å². The quantitative estimate of drug-likeness (QED) is 0.177. The van der Waals surface area contributed by atoms with Crippen LogP contribution in [0.5, 0.6) is 23.1 Å². The van der Waals surface area contributed by atoms with Crippen LogP contribution in [0.15, 0.2) is 67.5 Å². The van der Waals surface area contributed by atoms with Gasteiger partial charge in [0.15, 0.2) is 23.1 Å². The van der Waals surface area contributed by atoms with Gasteiger partial charge in [0.25, 0.3) is 5.88 Å². The molecule has 1 aromatic carbocycles. The van der Waals surface area contributed by atoms with Crippen molar-refractivity contribution in [3.8, 4) is 34.5 Å². The van der Waals surface area contributed by atoms with Gasteiger partial charge >= 0.3 is 5.97 Å². The van der Waals surface area contributed by atoms with Crippen LogP contribution in [0.3, 0.4) is 0 Å². The molecule has 0 bridgehead atoms. The van der Waals surface area contributed by atoms with Crippen LogP contribution in [0.2, 0.25) is 0 Å². The van der Waals surface area contributed by atoms with E-state index in [1.807, 2.05) is 0 Å². The highest BCUT2D eigenvalue weighted by molar-refractivity contribution is 7.81. The lowest BCUT2D eigenvalue weighted by Crippen LogP contribution is -2.23. The molecule has 4 aromatic rings. The highest BCUT2D eigenvalue weighted by Gasteiger charge is 2.27. The number of carbonyl (C=O) groups excluding carboxylic acids is 1. The predicted octanol–water partition coefficient (Wildman–Crippen LogP) is 4.89. The third kappa shape index (κ3) is 6.48.